The van der Waals surface area contributed by atoms with Crippen LogP contribution in [0.25, 0.3) is 11.0 Å². The number of aromatic nitrogens is 2. The van der Waals surface area contributed by atoms with Gasteiger partial charge in [0.2, 0.25) is 0 Å². The smallest absolute Gasteiger partial charge is 0.108 e. The minimum Gasteiger partial charge on any atom is -0.342 e. The fourth-order valence-electron chi connectivity index (χ4n) is 1.81. The van der Waals surface area contributed by atoms with Crippen molar-refractivity contribution in [3.63, 3.8) is 0 Å². The van der Waals surface area contributed by atoms with E-state index in [4.69, 9.17) is 0 Å². The molecular formula is C14H20N2S. The molecule has 0 bridgehead atoms. The van der Waals surface area contributed by atoms with Gasteiger partial charge in [0, 0.05) is 12.2 Å². The molecule has 92 valence electrons. The van der Waals surface area contributed by atoms with Crippen molar-refractivity contribution in [1.82, 2.24) is 9.97 Å². The first-order chi connectivity index (χ1) is 8.29. The quantitative estimate of drug-likeness (QED) is 0.784. The highest BCUT2D eigenvalue weighted by atomic mass is 32.2. The van der Waals surface area contributed by atoms with Gasteiger partial charge < -0.3 is 4.98 Å². The number of hydrogen-bond acceptors (Lipinski definition) is 2. The highest BCUT2D eigenvalue weighted by Gasteiger charge is 2.02. The number of rotatable bonds is 6. The van der Waals surface area contributed by atoms with Gasteiger partial charge in [-0.3, -0.25) is 0 Å². The zero-order chi connectivity index (χ0) is 12.1. The molecule has 2 nitrogen and oxygen atoms in total. The molecule has 1 N–H and O–H groups in total. The molecule has 0 spiro atoms. The Hall–Kier alpha value is -0.960. The van der Waals surface area contributed by atoms with Crippen LogP contribution in [0.5, 0.6) is 0 Å². The van der Waals surface area contributed by atoms with E-state index in [0.717, 1.165) is 17.8 Å². The van der Waals surface area contributed by atoms with Crippen LogP contribution in [0.3, 0.4) is 0 Å². The van der Waals surface area contributed by atoms with Crippen LogP contribution in [0.1, 0.15) is 31.2 Å². The fraction of sp³-hybridized carbons (Fsp3) is 0.500. The third-order valence-electron chi connectivity index (χ3n) is 2.81. The summed E-state index contributed by atoms with van der Waals surface area (Å²) in [5.41, 5.74) is 3.53. The zero-order valence-electron chi connectivity index (χ0n) is 10.6. The molecule has 0 fully saturated rings. The average Bonchev–Trinajstić information content (AvgIpc) is 2.70. The van der Waals surface area contributed by atoms with Crippen molar-refractivity contribution in [2.24, 2.45) is 0 Å². The van der Waals surface area contributed by atoms with Gasteiger partial charge in [0.05, 0.1) is 11.0 Å². The predicted molar refractivity (Wildman–Crippen MR) is 76.8 cm³/mol. The second kappa shape index (κ2) is 6.10. The summed E-state index contributed by atoms with van der Waals surface area (Å²) in [6.45, 7) is 4.35. The lowest BCUT2D eigenvalue weighted by molar-refractivity contribution is 0.894. The number of aryl methyl sites for hydroxylation is 2. The fourth-order valence-corrected chi connectivity index (χ4v) is 2.85. The Bertz CT molecular complexity index is 476. The highest BCUT2D eigenvalue weighted by Crippen LogP contribution is 2.14. The Morgan fingerprint density at radius 1 is 1.29 bits per heavy atom. The first-order valence-electron chi connectivity index (χ1n) is 6.32. The molecule has 0 atom stereocenters. The van der Waals surface area contributed by atoms with Crippen molar-refractivity contribution < 1.29 is 0 Å². The molecule has 0 aliphatic rings. The number of H-pyrrole nitrogens is 1. The molecule has 0 saturated heterocycles. The van der Waals surface area contributed by atoms with E-state index in [-0.39, 0.29) is 0 Å². The number of aromatic amines is 1. The van der Waals surface area contributed by atoms with E-state index in [1.165, 1.54) is 35.4 Å². The third-order valence-corrected chi connectivity index (χ3v) is 3.88. The van der Waals surface area contributed by atoms with Gasteiger partial charge in [-0.1, -0.05) is 19.4 Å². The van der Waals surface area contributed by atoms with Crippen LogP contribution < -0.4 is 0 Å². The maximum absolute atomic E-state index is 4.60. The molecule has 0 aliphatic carbocycles. The molecule has 0 aliphatic heterocycles. The van der Waals surface area contributed by atoms with Crippen molar-refractivity contribution in [3.05, 3.63) is 29.6 Å². The standard InChI is InChI=1S/C14H20N2S/c1-3-4-8-17-9-7-14-15-12-6-5-11(2)10-13(12)16-14/h5-6,10H,3-4,7-9H2,1-2H3,(H,15,16). The van der Waals surface area contributed by atoms with Crippen LogP contribution in [0.15, 0.2) is 18.2 Å². The van der Waals surface area contributed by atoms with Gasteiger partial charge in [-0.2, -0.15) is 11.8 Å². The molecule has 3 heteroatoms. The Morgan fingerprint density at radius 2 is 2.18 bits per heavy atom. The second-order valence-electron chi connectivity index (χ2n) is 4.42. The number of fused-ring (bicyclic) bond motifs is 1. The number of nitrogens with one attached hydrogen (secondary N) is 1. The number of unbranched alkanes of at least 4 members (excludes halogenated alkanes) is 1. The Balaban J connectivity index is 1.91. The summed E-state index contributed by atoms with van der Waals surface area (Å²) in [4.78, 5) is 8.01. The maximum atomic E-state index is 4.60. The van der Waals surface area contributed by atoms with Gasteiger partial charge in [0.1, 0.15) is 5.82 Å². The highest BCUT2D eigenvalue weighted by molar-refractivity contribution is 7.99. The van der Waals surface area contributed by atoms with Crippen molar-refractivity contribution in [2.75, 3.05) is 11.5 Å². The summed E-state index contributed by atoms with van der Waals surface area (Å²) in [5.74, 6) is 3.56. The summed E-state index contributed by atoms with van der Waals surface area (Å²) in [6.07, 6.45) is 3.66. The first kappa shape index (κ1) is 12.5. The van der Waals surface area contributed by atoms with E-state index in [9.17, 15) is 0 Å². The normalized spacial score (nSPS) is 11.2. The van der Waals surface area contributed by atoms with E-state index in [2.05, 4.69) is 42.0 Å². The number of nitrogens with zero attached hydrogens (tertiary/aromatic N) is 1. The predicted octanol–water partition coefficient (Wildman–Crippen LogP) is 3.95. The van der Waals surface area contributed by atoms with E-state index < -0.39 is 0 Å². The minimum atomic E-state index is 1.04. The van der Waals surface area contributed by atoms with E-state index >= 15 is 0 Å². The Morgan fingerprint density at radius 3 is 3.00 bits per heavy atom. The molecule has 1 aromatic carbocycles. The zero-order valence-corrected chi connectivity index (χ0v) is 11.4. The van der Waals surface area contributed by atoms with Crippen LogP contribution in [0.4, 0.5) is 0 Å². The van der Waals surface area contributed by atoms with Crippen LogP contribution in [-0.2, 0) is 6.42 Å². The molecular weight excluding hydrogens is 228 g/mol. The summed E-state index contributed by atoms with van der Waals surface area (Å²) >= 11 is 2.03. The molecule has 2 rings (SSSR count). The number of hydrogen-bond donors (Lipinski definition) is 1. The Kier molecular flexibility index (Phi) is 4.49. The number of thioether (sulfide) groups is 1. The lowest BCUT2D eigenvalue weighted by atomic mass is 10.2. The van der Waals surface area contributed by atoms with E-state index in [0.29, 0.717) is 0 Å². The monoisotopic (exact) mass is 248 g/mol. The van der Waals surface area contributed by atoms with Crippen LogP contribution in [0.2, 0.25) is 0 Å². The van der Waals surface area contributed by atoms with Gasteiger partial charge in [-0.05, 0) is 36.8 Å². The lowest BCUT2D eigenvalue weighted by Crippen LogP contribution is -1.92. The molecule has 0 radical (unpaired) electrons. The summed E-state index contributed by atoms with van der Waals surface area (Å²) in [6, 6.07) is 6.37. The largest absolute Gasteiger partial charge is 0.342 e. The lowest BCUT2D eigenvalue weighted by Gasteiger charge is -1.97. The maximum Gasteiger partial charge on any atom is 0.108 e. The average molecular weight is 248 g/mol. The molecule has 0 saturated carbocycles. The summed E-state index contributed by atoms with van der Waals surface area (Å²) < 4.78 is 0. The van der Waals surface area contributed by atoms with E-state index in [1.54, 1.807) is 0 Å². The van der Waals surface area contributed by atoms with Crippen molar-refractivity contribution in [1.29, 1.82) is 0 Å². The molecule has 2 aromatic rings. The minimum absolute atomic E-state index is 1.04. The topological polar surface area (TPSA) is 28.7 Å². The molecule has 17 heavy (non-hydrogen) atoms. The van der Waals surface area contributed by atoms with Gasteiger partial charge in [0.15, 0.2) is 0 Å². The van der Waals surface area contributed by atoms with Crippen molar-refractivity contribution >= 4 is 22.8 Å². The number of benzene rings is 1. The van der Waals surface area contributed by atoms with Crippen LogP contribution >= 0.6 is 11.8 Å². The molecule has 0 amide bonds. The molecule has 1 aromatic heterocycles. The Labute approximate surface area is 107 Å². The summed E-state index contributed by atoms with van der Waals surface area (Å²) in [5, 5.41) is 0. The summed E-state index contributed by atoms with van der Waals surface area (Å²) in [7, 11) is 0. The van der Waals surface area contributed by atoms with Gasteiger partial charge >= 0.3 is 0 Å². The SMILES string of the molecule is CCCCSCCc1nc2ccc(C)cc2[nH]1. The first-order valence-corrected chi connectivity index (χ1v) is 7.48. The molecule has 1 heterocycles. The number of imidazole rings is 1. The second-order valence-corrected chi connectivity index (χ2v) is 5.64. The molecule has 0 unspecified atom stereocenters. The van der Waals surface area contributed by atoms with Gasteiger partial charge in [0.25, 0.3) is 0 Å². The van der Waals surface area contributed by atoms with Crippen LogP contribution in [0, 0.1) is 6.92 Å². The van der Waals surface area contributed by atoms with Gasteiger partial charge in [-0.25, -0.2) is 4.98 Å². The van der Waals surface area contributed by atoms with Gasteiger partial charge in [-0.15, -0.1) is 0 Å². The van der Waals surface area contributed by atoms with Crippen molar-refractivity contribution in [3.8, 4) is 0 Å². The van der Waals surface area contributed by atoms with Crippen molar-refractivity contribution in [2.45, 2.75) is 33.1 Å². The third kappa shape index (κ3) is 3.50. The van der Waals surface area contributed by atoms with Crippen LogP contribution in [-0.4, -0.2) is 21.5 Å². The van der Waals surface area contributed by atoms with E-state index in [1.807, 2.05) is 11.8 Å².